The highest BCUT2D eigenvalue weighted by Crippen LogP contribution is 2.55. The Hall–Kier alpha value is -1.70. The van der Waals surface area contributed by atoms with E-state index in [0.717, 1.165) is 5.56 Å². The van der Waals surface area contributed by atoms with Crippen molar-refractivity contribution in [2.75, 3.05) is 17.8 Å². The van der Waals surface area contributed by atoms with E-state index in [1.165, 1.54) is 10.9 Å². The van der Waals surface area contributed by atoms with Gasteiger partial charge < -0.3 is 34.4 Å². The monoisotopic (exact) mass is 585 g/mol. The molecule has 0 spiro atoms. The van der Waals surface area contributed by atoms with Crippen LogP contribution in [-0.4, -0.2) is 70.2 Å². The van der Waals surface area contributed by atoms with Gasteiger partial charge in [-0.25, -0.2) is 9.37 Å². The zero-order valence-electron chi connectivity index (χ0n) is 18.1. The third-order valence-electron chi connectivity index (χ3n) is 5.11. The van der Waals surface area contributed by atoms with E-state index in [-0.39, 0.29) is 22.3 Å². The number of aliphatic hydroxyl groups is 1. The van der Waals surface area contributed by atoms with E-state index in [4.69, 9.17) is 37.7 Å². The SMILES string of the molecule is O=P(O)(O)CP(=O)(O)OC[C@H]1O[C@@H](n2cnc3c(NCc4cccc(Cl)c4)nc(Cl)nc32)[C@@H](F)[C@@H]1O. The number of halogens is 3. The first-order chi connectivity index (χ1) is 16.8. The number of fused-ring (bicyclic) bond motifs is 1. The number of hydrogen-bond donors (Lipinski definition) is 5. The van der Waals surface area contributed by atoms with Crippen molar-refractivity contribution in [2.24, 2.45) is 0 Å². The maximum absolute atomic E-state index is 15.0. The van der Waals surface area contributed by atoms with Gasteiger partial charge in [0.1, 0.15) is 12.2 Å². The minimum absolute atomic E-state index is 0.0827. The molecule has 13 nitrogen and oxygen atoms in total. The van der Waals surface area contributed by atoms with Crippen LogP contribution in [0, 0.1) is 0 Å². The Kier molecular flexibility index (Phi) is 8.04. The van der Waals surface area contributed by atoms with Gasteiger partial charge in [-0.05, 0) is 29.3 Å². The minimum Gasteiger partial charge on any atom is -0.387 e. The zero-order valence-corrected chi connectivity index (χ0v) is 21.4. The molecular formula is C18H20Cl2FN5O8P2. The highest BCUT2D eigenvalue weighted by atomic mass is 35.5. The number of nitrogens with zero attached hydrogens (tertiary/aromatic N) is 4. The molecule has 1 saturated heterocycles. The lowest BCUT2D eigenvalue weighted by molar-refractivity contribution is -0.0425. The van der Waals surface area contributed by atoms with Crippen LogP contribution in [0.3, 0.4) is 0 Å². The fourth-order valence-electron chi connectivity index (χ4n) is 3.56. The molecular weight excluding hydrogens is 566 g/mol. The summed E-state index contributed by atoms with van der Waals surface area (Å²) >= 11 is 12.1. The normalized spacial score (nSPS) is 24.2. The molecule has 0 radical (unpaired) electrons. The number of rotatable bonds is 9. The second-order valence-corrected chi connectivity index (χ2v) is 12.7. The number of hydrogen-bond acceptors (Lipinski definition) is 9. The summed E-state index contributed by atoms with van der Waals surface area (Å²) < 4.78 is 49.2. The van der Waals surface area contributed by atoms with E-state index < -0.39 is 52.3 Å². The molecule has 1 aliphatic heterocycles. The highest BCUT2D eigenvalue weighted by molar-refractivity contribution is 7.70. The lowest BCUT2D eigenvalue weighted by atomic mass is 10.1. The highest BCUT2D eigenvalue weighted by Gasteiger charge is 2.47. The number of anilines is 1. The average Bonchev–Trinajstić information content (AvgIpc) is 3.30. The van der Waals surface area contributed by atoms with E-state index >= 15 is 0 Å². The van der Waals surface area contributed by atoms with Crippen molar-refractivity contribution in [3.8, 4) is 0 Å². The topological polar surface area (TPSA) is 189 Å². The van der Waals surface area contributed by atoms with Crippen molar-refractivity contribution in [3.63, 3.8) is 0 Å². The number of nitrogens with one attached hydrogen (secondary N) is 1. The van der Waals surface area contributed by atoms with Gasteiger partial charge in [0.15, 0.2) is 35.3 Å². The van der Waals surface area contributed by atoms with Crippen LogP contribution in [0.5, 0.6) is 0 Å². The Labute approximate surface area is 212 Å². The number of benzene rings is 1. The molecule has 0 aliphatic carbocycles. The average molecular weight is 586 g/mol. The summed E-state index contributed by atoms with van der Waals surface area (Å²) in [7, 11) is -9.59. The van der Waals surface area contributed by atoms with Crippen LogP contribution < -0.4 is 5.32 Å². The van der Waals surface area contributed by atoms with Gasteiger partial charge in [0.05, 0.1) is 12.9 Å². The molecule has 0 bridgehead atoms. The molecule has 1 unspecified atom stereocenters. The summed E-state index contributed by atoms with van der Waals surface area (Å²) in [6, 6.07) is 7.10. The number of aromatic nitrogens is 4. The Morgan fingerprint density at radius 3 is 2.67 bits per heavy atom. The zero-order chi connectivity index (χ0) is 26.3. The summed E-state index contributed by atoms with van der Waals surface area (Å²) in [6.45, 7) is -0.490. The lowest BCUT2D eigenvalue weighted by Crippen LogP contribution is -2.31. The fraction of sp³-hybridized carbons (Fsp3) is 0.389. The predicted octanol–water partition coefficient (Wildman–Crippen LogP) is 2.68. The van der Waals surface area contributed by atoms with Gasteiger partial charge in [0, 0.05) is 11.6 Å². The summed E-state index contributed by atoms with van der Waals surface area (Å²) in [5.41, 5.74) is 1.16. The molecule has 0 amide bonds. The number of aliphatic hydroxyl groups excluding tert-OH is 1. The summed E-state index contributed by atoms with van der Waals surface area (Å²) in [6.07, 6.45) is -5.52. The van der Waals surface area contributed by atoms with E-state index in [9.17, 15) is 23.5 Å². The number of alkyl halides is 1. The van der Waals surface area contributed by atoms with Crippen molar-refractivity contribution in [3.05, 3.63) is 46.5 Å². The standard InChI is InChI=1S/C18H20Cl2FN5O8P2/c19-10-3-1-2-9(4-10)5-22-15-13-16(25-18(20)24-15)26(7-23-13)17-12(21)14(27)11(34-17)6-33-36(31,32)8-35(28,29)30/h1-4,7,11-12,14,17,27H,5-6,8H2,(H,31,32)(H,22,24,25)(H2,28,29,30)/t11-,12+,14-,17-/m1/s1. The third-order valence-corrected chi connectivity index (χ3v) is 8.97. The van der Waals surface area contributed by atoms with Crippen LogP contribution >= 0.6 is 38.4 Å². The van der Waals surface area contributed by atoms with Crippen LogP contribution in [0.4, 0.5) is 10.2 Å². The first kappa shape index (κ1) is 27.3. The fourth-order valence-corrected chi connectivity index (χ4v) is 6.51. The summed E-state index contributed by atoms with van der Waals surface area (Å²) in [5, 5.41) is 13.7. The van der Waals surface area contributed by atoms with Crippen LogP contribution in [0.2, 0.25) is 10.3 Å². The number of ether oxygens (including phenoxy) is 1. The van der Waals surface area contributed by atoms with Crippen LogP contribution in [0.1, 0.15) is 11.8 Å². The molecule has 2 aromatic heterocycles. The number of imidazole rings is 1. The van der Waals surface area contributed by atoms with E-state index in [0.29, 0.717) is 11.6 Å². The minimum atomic E-state index is -4.86. The molecule has 1 fully saturated rings. The molecule has 3 heterocycles. The van der Waals surface area contributed by atoms with Crippen molar-refractivity contribution in [1.29, 1.82) is 0 Å². The molecule has 3 aromatic rings. The first-order valence-electron chi connectivity index (χ1n) is 10.2. The Morgan fingerprint density at radius 2 is 1.97 bits per heavy atom. The largest absolute Gasteiger partial charge is 0.387 e. The van der Waals surface area contributed by atoms with Gasteiger partial charge in [0.2, 0.25) is 5.28 Å². The smallest absolute Gasteiger partial charge is 0.340 e. The van der Waals surface area contributed by atoms with Crippen LogP contribution in [-0.2, 0) is 24.9 Å². The molecule has 18 heteroatoms. The van der Waals surface area contributed by atoms with Gasteiger partial charge >= 0.3 is 15.2 Å². The lowest BCUT2D eigenvalue weighted by Gasteiger charge is -2.18. The van der Waals surface area contributed by atoms with Gasteiger partial charge in [-0.2, -0.15) is 9.97 Å². The molecule has 5 N–H and O–H groups in total. The molecule has 196 valence electrons. The second kappa shape index (κ2) is 10.6. The Bertz CT molecular complexity index is 1360. The predicted molar refractivity (Wildman–Crippen MR) is 127 cm³/mol. The van der Waals surface area contributed by atoms with E-state index in [2.05, 4.69) is 24.8 Å². The van der Waals surface area contributed by atoms with Gasteiger partial charge in [-0.15, -0.1) is 0 Å². The van der Waals surface area contributed by atoms with Gasteiger partial charge in [-0.1, -0.05) is 23.7 Å². The van der Waals surface area contributed by atoms with E-state index in [1.807, 2.05) is 6.07 Å². The Balaban J connectivity index is 1.52. The molecule has 1 aromatic carbocycles. The summed E-state index contributed by atoms with van der Waals surface area (Å²) in [5.74, 6) is -1.19. The molecule has 36 heavy (non-hydrogen) atoms. The molecule has 4 rings (SSSR count). The molecule has 5 atom stereocenters. The van der Waals surface area contributed by atoms with E-state index in [1.54, 1.807) is 18.2 Å². The molecule has 1 aliphatic rings. The third kappa shape index (κ3) is 6.40. The van der Waals surface area contributed by atoms with Gasteiger partial charge in [-0.3, -0.25) is 13.7 Å². The maximum atomic E-state index is 15.0. The quantitative estimate of drug-likeness (QED) is 0.182. The second-order valence-electron chi connectivity index (χ2n) is 7.89. The summed E-state index contributed by atoms with van der Waals surface area (Å²) in [4.78, 5) is 39.8. The van der Waals surface area contributed by atoms with Crippen molar-refractivity contribution in [1.82, 2.24) is 19.5 Å². The van der Waals surface area contributed by atoms with Crippen molar-refractivity contribution < 1.29 is 42.6 Å². The Morgan fingerprint density at radius 1 is 1.22 bits per heavy atom. The van der Waals surface area contributed by atoms with Gasteiger partial charge in [0.25, 0.3) is 0 Å². The maximum Gasteiger partial charge on any atom is 0.340 e. The first-order valence-corrected chi connectivity index (χ1v) is 14.5. The molecule has 0 saturated carbocycles. The van der Waals surface area contributed by atoms with Crippen molar-refractivity contribution >= 4 is 55.4 Å². The van der Waals surface area contributed by atoms with Crippen LogP contribution in [0.15, 0.2) is 30.6 Å². The van der Waals surface area contributed by atoms with Crippen LogP contribution in [0.25, 0.3) is 11.2 Å². The van der Waals surface area contributed by atoms with Crippen molar-refractivity contribution in [2.45, 2.75) is 31.2 Å².